The Morgan fingerprint density at radius 1 is 1.08 bits per heavy atom. The fourth-order valence-corrected chi connectivity index (χ4v) is 4.16. The van der Waals surface area contributed by atoms with E-state index in [2.05, 4.69) is 41.3 Å². The van der Waals surface area contributed by atoms with Crippen molar-refractivity contribution in [1.29, 1.82) is 0 Å². The number of benzene rings is 2. The number of rotatable bonds is 4. The average molecular weight is 321 g/mol. The quantitative estimate of drug-likeness (QED) is 0.862. The largest absolute Gasteiger partial charge is 0.497 e. The molecule has 24 heavy (non-hydrogen) atoms. The third-order valence-corrected chi connectivity index (χ3v) is 5.51. The van der Waals surface area contributed by atoms with Gasteiger partial charge in [-0.3, -0.25) is 9.69 Å². The van der Waals surface area contributed by atoms with Gasteiger partial charge in [0, 0.05) is 5.92 Å². The highest BCUT2D eigenvalue weighted by Crippen LogP contribution is 2.33. The average Bonchev–Trinajstić information content (AvgIpc) is 2.65. The van der Waals surface area contributed by atoms with Crippen LogP contribution in [0.5, 0.6) is 5.75 Å². The van der Waals surface area contributed by atoms with Gasteiger partial charge in [0.25, 0.3) is 0 Å². The second-order valence-electron chi connectivity index (χ2n) is 6.82. The highest BCUT2D eigenvalue weighted by Gasteiger charge is 2.40. The number of fused-ring (bicyclic) bond motifs is 3. The minimum atomic E-state index is 0.0595. The first-order valence-electron chi connectivity index (χ1n) is 8.76. The van der Waals surface area contributed by atoms with Gasteiger partial charge in [-0.2, -0.15) is 0 Å². The zero-order chi connectivity index (χ0) is 16.5. The molecule has 1 unspecified atom stereocenters. The van der Waals surface area contributed by atoms with Crippen molar-refractivity contribution in [2.24, 2.45) is 5.92 Å². The van der Waals surface area contributed by atoms with E-state index in [0.717, 1.165) is 43.7 Å². The van der Waals surface area contributed by atoms with Gasteiger partial charge in [0.15, 0.2) is 5.78 Å². The van der Waals surface area contributed by atoms with E-state index < -0.39 is 0 Å². The second kappa shape index (κ2) is 6.40. The topological polar surface area (TPSA) is 29.5 Å². The highest BCUT2D eigenvalue weighted by atomic mass is 16.5. The van der Waals surface area contributed by atoms with Gasteiger partial charge in [0.05, 0.1) is 13.2 Å². The number of ether oxygens (including phenoxy) is 1. The summed E-state index contributed by atoms with van der Waals surface area (Å²) in [4.78, 5) is 15.1. The molecular formula is C21H23NO2. The fraction of sp³-hybridized carbons (Fsp3) is 0.381. The fourth-order valence-electron chi connectivity index (χ4n) is 4.16. The van der Waals surface area contributed by atoms with Gasteiger partial charge in [-0.1, -0.05) is 36.4 Å². The van der Waals surface area contributed by atoms with Crippen molar-refractivity contribution < 1.29 is 9.53 Å². The molecule has 1 atom stereocenters. The highest BCUT2D eigenvalue weighted by molar-refractivity contribution is 5.88. The van der Waals surface area contributed by atoms with Crippen LogP contribution in [0.2, 0.25) is 0 Å². The van der Waals surface area contributed by atoms with E-state index in [-0.39, 0.29) is 6.04 Å². The van der Waals surface area contributed by atoms with E-state index in [1.807, 2.05) is 12.1 Å². The molecule has 3 saturated heterocycles. The number of hydrogen-bond acceptors (Lipinski definition) is 3. The van der Waals surface area contributed by atoms with E-state index in [1.54, 1.807) is 7.11 Å². The summed E-state index contributed by atoms with van der Waals surface area (Å²) < 4.78 is 5.36. The Bertz CT molecular complexity index is 747. The number of carbonyl (C=O) groups excluding carboxylic acids is 1. The van der Waals surface area contributed by atoms with Crippen molar-refractivity contribution in [1.82, 2.24) is 4.90 Å². The number of ketones is 1. The van der Waals surface area contributed by atoms with Gasteiger partial charge in [-0.25, -0.2) is 0 Å². The van der Waals surface area contributed by atoms with Crippen LogP contribution in [-0.2, 0) is 11.2 Å². The molecule has 3 aliphatic heterocycles. The van der Waals surface area contributed by atoms with E-state index in [0.29, 0.717) is 11.7 Å². The van der Waals surface area contributed by atoms with Crippen LogP contribution in [0.15, 0.2) is 48.5 Å². The zero-order valence-corrected chi connectivity index (χ0v) is 14.1. The van der Waals surface area contributed by atoms with Crippen molar-refractivity contribution in [2.45, 2.75) is 25.3 Å². The Morgan fingerprint density at radius 3 is 2.62 bits per heavy atom. The maximum atomic E-state index is 12.7. The summed E-state index contributed by atoms with van der Waals surface area (Å²) in [5, 5.41) is 0. The lowest BCUT2D eigenvalue weighted by molar-refractivity contribution is -0.136. The standard InChI is InChI=1S/C21H23NO2/c1-24-18-7-4-6-16(13-18)19-8-3-2-5-17(19)14-20-21(23)15-9-11-22(20)12-10-15/h2-8,13,15,20H,9-12,14H2,1H3. The first-order valence-corrected chi connectivity index (χ1v) is 8.76. The third kappa shape index (κ3) is 2.73. The monoisotopic (exact) mass is 321 g/mol. The molecule has 3 heterocycles. The molecular weight excluding hydrogens is 298 g/mol. The molecule has 0 aliphatic carbocycles. The number of nitrogens with zero attached hydrogens (tertiary/aromatic N) is 1. The molecule has 0 amide bonds. The molecule has 0 saturated carbocycles. The maximum Gasteiger partial charge on any atom is 0.153 e. The predicted molar refractivity (Wildman–Crippen MR) is 95.2 cm³/mol. The van der Waals surface area contributed by atoms with Gasteiger partial charge in [-0.15, -0.1) is 0 Å². The van der Waals surface area contributed by atoms with Crippen molar-refractivity contribution in [3.05, 3.63) is 54.1 Å². The Hall–Kier alpha value is -2.13. The smallest absolute Gasteiger partial charge is 0.153 e. The summed E-state index contributed by atoms with van der Waals surface area (Å²) >= 11 is 0. The minimum Gasteiger partial charge on any atom is -0.497 e. The summed E-state index contributed by atoms with van der Waals surface area (Å²) in [7, 11) is 1.69. The molecule has 3 heteroatoms. The molecule has 2 aromatic carbocycles. The van der Waals surface area contributed by atoms with Gasteiger partial charge < -0.3 is 4.74 Å². The van der Waals surface area contributed by atoms with Crippen LogP contribution in [0.1, 0.15) is 18.4 Å². The van der Waals surface area contributed by atoms with Crippen molar-refractivity contribution in [3.8, 4) is 16.9 Å². The van der Waals surface area contributed by atoms with Gasteiger partial charge in [0.1, 0.15) is 5.75 Å². The lowest BCUT2D eigenvalue weighted by atomic mass is 9.79. The predicted octanol–water partition coefficient (Wildman–Crippen LogP) is 3.57. The Balaban J connectivity index is 1.66. The van der Waals surface area contributed by atoms with E-state index >= 15 is 0 Å². The van der Waals surface area contributed by atoms with Crippen LogP contribution in [0.4, 0.5) is 0 Å². The van der Waals surface area contributed by atoms with Gasteiger partial charge >= 0.3 is 0 Å². The molecule has 0 aromatic heterocycles. The summed E-state index contributed by atoms with van der Waals surface area (Å²) in [6.07, 6.45) is 2.91. The van der Waals surface area contributed by atoms with Crippen LogP contribution in [-0.4, -0.2) is 36.9 Å². The molecule has 0 N–H and O–H groups in total. The van der Waals surface area contributed by atoms with Crippen LogP contribution in [0.3, 0.4) is 0 Å². The summed E-state index contributed by atoms with van der Waals surface area (Å²) in [6, 6.07) is 16.6. The van der Waals surface area contributed by atoms with Crippen LogP contribution in [0.25, 0.3) is 11.1 Å². The number of carbonyl (C=O) groups is 1. The number of hydrogen-bond donors (Lipinski definition) is 0. The number of piperidine rings is 3. The lowest BCUT2D eigenvalue weighted by Crippen LogP contribution is -2.56. The summed E-state index contributed by atoms with van der Waals surface area (Å²) in [5.41, 5.74) is 3.59. The Kier molecular flexibility index (Phi) is 4.11. The van der Waals surface area contributed by atoms with Gasteiger partial charge in [0.2, 0.25) is 0 Å². The molecule has 3 nitrogen and oxygen atoms in total. The Morgan fingerprint density at radius 2 is 1.88 bits per heavy atom. The summed E-state index contributed by atoms with van der Waals surface area (Å²) in [6.45, 7) is 2.14. The maximum absolute atomic E-state index is 12.7. The van der Waals surface area contributed by atoms with E-state index in [1.165, 1.54) is 11.1 Å². The van der Waals surface area contributed by atoms with Crippen molar-refractivity contribution in [3.63, 3.8) is 0 Å². The van der Waals surface area contributed by atoms with Crippen LogP contribution in [0, 0.1) is 5.92 Å². The molecule has 124 valence electrons. The molecule has 2 aromatic rings. The second-order valence-corrected chi connectivity index (χ2v) is 6.82. The molecule has 2 bridgehead atoms. The van der Waals surface area contributed by atoms with Crippen molar-refractivity contribution in [2.75, 3.05) is 20.2 Å². The Labute approximate surface area is 143 Å². The molecule has 0 radical (unpaired) electrons. The number of Topliss-reactive ketones (excluding diaryl/α,β-unsaturated/α-hetero) is 1. The van der Waals surface area contributed by atoms with Crippen LogP contribution >= 0.6 is 0 Å². The molecule has 5 rings (SSSR count). The molecule has 0 spiro atoms. The zero-order valence-electron chi connectivity index (χ0n) is 14.1. The normalized spacial score (nSPS) is 25.7. The van der Waals surface area contributed by atoms with Gasteiger partial charge in [-0.05, 0) is 61.2 Å². The van der Waals surface area contributed by atoms with Crippen LogP contribution < -0.4 is 4.74 Å². The first kappa shape index (κ1) is 15.4. The van der Waals surface area contributed by atoms with E-state index in [9.17, 15) is 4.79 Å². The van der Waals surface area contributed by atoms with Crippen molar-refractivity contribution >= 4 is 5.78 Å². The minimum absolute atomic E-state index is 0.0595. The first-order chi connectivity index (χ1) is 11.8. The molecule has 3 fully saturated rings. The third-order valence-electron chi connectivity index (χ3n) is 5.51. The SMILES string of the molecule is COc1cccc(-c2ccccc2CC2C(=O)C3CCN2CC3)c1. The summed E-state index contributed by atoms with van der Waals surface area (Å²) in [5.74, 6) is 1.61. The molecule has 3 aliphatic rings. The number of methoxy groups -OCH3 is 1. The van der Waals surface area contributed by atoms with E-state index in [4.69, 9.17) is 4.74 Å². The lowest BCUT2D eigenvalue weighted by Gasteiger charge is -2.44.